The zero-order chi connectivity index (χ0) is 18.5. The largest absolute Gasteiger partial charge is 0.481 e. The molecule has 0 spiro atoms. The molecule has 0 atom stereocenters. The molecule has 1 amide bonds. The summed E-state index contributed by atoms with van der Waals surface area (Å²) in [6, 6.07) is 7.98. The molecule has 1 aromatic heterocycles. The molecule has 2 aromatic rings. The van der Waals surface area contributed by atoms with Crippen LogP contribution in [0, 0.1) is 5.82 Å². The van der Waals surface area contributed by atoms with Gasteiger partial charge in [0.2, 0.25) is 11.8 Å². The first-order chi connectivity index (χ1) is 12.5. The maximum atomic E-state index is 13.7. The van der Waals surface area contributed by atoms with Crippen molar-refractivity contribution in [3.05, 3.63) is 47.4 Å². The summed E-state index contributed by atoms with van der Waals surface area (Å²) in [5, 5.41) is 2.88. The molecule has 8 heteroatoms. The first-order valence-electron chi connectivity index (χ1n) is 8.27. The number of nitrogens with zero attached hydrogens (tertiary/aromatic N) is 3. The van der Waals surface area contributed by atoms with Crippen LogP contribution < -0.4 is 15.0 Å². The lowest BCUT2D eigenvalue weighted by molar-refractivity contribution is -0.117. The van der Waals surface area contributed by atoms with Gasteiger partial charge in [-0.15, -0.1) is 0 Å². The Morgan fingerprint density at radius 3 is 2.65 bits per heavy atom. The van der Waals surface area contributed by atoms with Crippen molar-refractivity contribution >= 4 is 28.9 Å². The van der Waals surface area contributed by atoms with E-state index in [2.05, 4.69) is 15.2 Å². The van der Waals surface area contributed by atoms with E-state index in [1.807, 2.05) is 17.0 Å². The van der Waals surface area contributed by atoms with Crippen molar-refractivity contribution in [1.82, 2.24) is 9.88 Å². The normalized spacial score (nSPS) is 15.0. The van der Waals surface area contributed by atoms with Crippen molar-refractivity contribution in [2.75, 3.05) is 50.1 Å². The summed E-state index contributed by atoms with van der Waals surface area (Å²) >= 11 is 5.71. The first kappa shape index (κ1) is 18.4. The highest BCUT2D eigenvalue weighted by Crippen LogP contribution is 2.20. The number of ether oxygens (including phenoxy) is 1. The Bertz CT molecular complexity index is 764. The number of hydrogen-bond donors (Lipinski definition) is 1. The van der Waals surface area contributed by atoms with Gasteiger partial charge >= 0.3 is 0 Å². The summed E-state index contributed by atoms with van der Waals surface area (Å²) in [6.45, 7) is 3.27. The quantitative estimate of drug-likeness (QED) is 0.866. The maximum Gasteiger partial charge on any atom is 0.238 e. The van der Waals surface area contributed by atoms with Crippen LogP contribution in [0.2, 0.25) is 5.02 Å². The molecule has 1 N–H and O–H groups in total. The third kappa shape index (κ3) is 4.62. The number of carbonyl (C=O) groups is 1. The van der Waals surface area contributed by atoms with Gasteiger partial charge in [0, 0.05) is 37.3 Å². The summed E-state index contributed by atoms with van der Waals surface area (Å²) in [5.74, 6) is -0.202. The third-order valence-electron chi connectivity index (χ3n) is 4.24. The average molecular weight is 379 g/mol. The van der Waals surface area contributed by atoms with Crippen LogP contribution in [-0.2, 0) is 4.79 Å². The molecule has 0 unspecified atom stereocenters. The molecule has 1 aliphatic rings. The molecular weight excluding hydrogens is 359 g/mol. The van der Waals surface area contributed by atoms with Crippen molar-refractivity contribution in [1.29, 1.82) is 0 Å². The number of halogens is 2. The summed E-state index contributed by atoms with van der Waals surface area (Å²) < 4.78 is 18.8. The lowest BCUT2D eigenvalue weighted by Gasteiger charge is -2.35. The number of pyridine rings is 1. The number of hydrogen-bond acceptors (Lipinski definition) is 5. The Labute approximate surface area is 156 Å². The number of benzene rings is 1. The van der Waals surface area contributed by atoms with Gasteiger partial charge < -0.3 is 15.0 Å². The summed E-state index contributed by atoms with van der Waals surface area (Å²) in [5.41, 5.74) is 1.17. The average Bonchev–Trinajstić information content (AvgIpc) is 2.65. The molecule has 1 fully saturated rings. The van der Waals surface area contributed by atoms with Crippen molar-refractivity contribution in [2.24, 2.45) is 0 Å². The predicted octanol–water partition coefficient (Wildman–Crippen LogP) is 2.64. The number of piperazine rings is 1. The first-order valence-corrected chi connectivity index (χ1v) is 8.65. The zero-order valence-corrected chi connectivity index (χ0v) is 15.2. The number of anilines is 2. The van der Waals surface area contributed by atoms with Gasteiger partial charge in [0.25, 0.3) is 0 Å². The van der Waals surface area contributed by atoms with E-state index in [-0.39, 0.29) is 18.1 Å². The smallest absolute Gasteiger partial charge is 0.238 e. The number of aromatic nitrogens is 1. The minimum atomic E-state index is -0.539. The molecule has 0 radical (unpaired) electrons. The fraction of sp³-hybridized carbons (Fsp3) is 0.333. The van der Waals surface area contributed by atoms with Gasteiger partial charge in [0.05, 0.1) is 31.2 Å². The Morgan fingerprint density at radius 2 is 2.04 bits per heavy atom. The van der Waals surface area contributed by atoms with E-state index in [9.17, 15) is 9.18 Å². The van der Waals surface area contributed by atoms with Crippen LogP contribution in [0.15, 0.2) is 36.5 Å². The molecule has 6 nitrogen and oxygen atoms in total. The van der Waals surface area contributed by atoms with Crippen molar-refractivity contribution in [3.63, 3.8) is 0 Å². The van der Waals surface area contributed by atoms with Crippen LogP contribution in [0.3, 0.4) is 0 Å². The highest BCUT2D eigenvalue weighted by molar-refractivity contribution is 6.30. The highest BCUT2D eigenvalue weighted by Gasteiger charge is 2.20. The van der Waals surface area contributed by atoms with Crippen LogP contribution in [0.25, 0.3) is 0 Å². The van der Waals surface area contributed by atoms with Crippen LogP contribution >= 0.6 is 11.6 Å². The van der Waals surface area contributed by atoms with Crippen LogP contribution in [-0.4, -0.2) is 55.6 Å². The molecule has 0 bridgehead atoms. The van der Waals surface area contributed by atoms with E-state index >= 15 is 0 Å². The minimum absolute atomic E-state index is 0.141. The van der Waals surface area contributed by atoms with Gasteiger partial charge in [-0.2, -0.15) is 0 Å². The molecule has 1 saturated heterocycles. The predicted molar refractivity (Wildman–Crippen MR) is 99.5 cm³/mol. The van der Waals surface area contributed by atoms with E-state index in [4.69, 9.17) is 16.3 Å². The molecule has 0 saturated carbocycles. The number of amides is 1. The molecule has 3 rings (SSSR count). The lowest BCUT2D eigenvalue weighted by atomic mass is 10.2. The second kappa shape index (κ2) is 8.33. The van der Waals surface area contributed by atoms with E-state index in [1.165, 1.54) is 12.1 Å². The number of rotatable bonds is 5. The fourth-order valence-electron chi connectivity index (χ4n) is 2.83. The summed E-state index contributed by atoms with van der Waals surface area (Å²) in [6.07, 6.45) is 1.78. The molecular formula is C18H20ClFN4O2. The van der Waals surface area contributed by atoms with Crippen LogP contribution in [0.1, 0.15) is 0 Å². The topological polar surface area (TPSA) is 57.7 Å². The third-order valence-corrected chi connectivity index (χ3v) is 4.47. The van der Waals surface area contributed by atoms with Crippen molar-refractivity contribution in [2.45, 2.75) is 0 Å². The molecule has 26 heavy (non-hydrogen) atoms. The van der Waals surface area contributed by atoms with Gasteiger partial charge in [-0.1, -0.05) is 11.6 Å². The second-order valence-corrected chi connectivity index (χ2v) is 6.43. The second-order valence-electron chi connectivity index (χ2n) is 5.99. The van der Waals surface area contributed by atoms with Crippen LogP contribution in [0.4, 0.5) is 15.8 Å². The monoisotopic (exact) mass is 378 g/mol. The molecule has 1 aliphatic heterocycles. The van der Waals surface area contributed by atoms with Gasteiger partial charge in [-0.3, -0.25) is 9.69 Å². The molecule has 1 aromatic carbocycles. The Hall–Kier alpha value is -2.38. The SMILES string of the molecule is COc1ccc(N2CCN(CC(=O)Nc3ccc(Cl)cc3F)CC2)cn1. The standard InChI is InChI=1S/C18H20ClFN4O2/c1-26-18-5-3-14(11-21-18)24-8-6-23(7-9-24)12-17(25)22-16-4-2-13(19)10-15(16)20/h2-5,10-11H,6-9,12H2,1H3,(H,22,25). The van der Waals surface area contributed by atoms with Gasteiger partial charge in [-0.05, 0) is 24.3 Å². The van der Waals surface area contributed by atoms with E-state index < -0.39 is 5.82 Å². The molecule has 138 valence electrons. The zero-order valence-electron chi connectivity index (χ0n) is 14.4. The Morgan fingerprint density at radius 1 is 1.27 bits per heavy atom. The molecule has 2 heterocycles. The number of nitrogens with one attached hydrogen (secondary N) is 1. The lowest BCUT2D eigenvalue weighted by Crippen LogP contribution is -2.48. The Kier molecular flexibility index (Phi) is 5.90. The van der Waals surface area contributed by atoms with Gasteiger partial charge in [0.1, 0.15) is 5.82 Å². The van der Waals surface area contributed by atoms with Crippen LogP contribution in [0.5, 0.6) is 5.88 Å². The van der Waals surface area contributed by atoms with E-state index in [1.54, 1.807) is 19.4 Å². The minimum Gasteiger partial charge on any atom is -0.481 e. The van der Waals surface area contributed by atoms with Crippen molar-refractivity contribution in [3.8, 4) is 5.88 Å². The summed E-state index contributed by atoms with van der Waals surface area (Å²) in [7, 11) is 1.59. The van der Waals surface area contributed by atoms with E-state index in [0.29, 0.717) is 10.9 Å². The molecule has 0 aliphatic carbocycles. The highest BCUT2D eigenvalue weighted by atomic mass is 35.5. The maximum absolute atomic E-state index is 13.7. The van der Waals surface area contributed by atoms with Crippen molar-refractivity contribution < 1.29 is 13.9 Å². The van der Waals surface area contributed by atoms with Gasteiger partial charge in [0.15, 0.2) is 0 Å². The Balaban J connectivity index is 1.49. The fourth-order valence-corrected chi connectivity index (χ4v) is 2.99. The number of methoxy groups -OCH3 is 1. The van der Waals surface area contributed by atoms with Gasteiger partial charge in [-0.25, -0.2) is 9.37 Å². The summed E-state index contributed by atoms with van der Waals surface area (Å²) in [4.78, 5) is 20.6. The van der Waals surface area contributed by atoms with E-state index in [0.717, 1.165) is 31.9 Å². The number of carbonyl (C=O) groups excluding carboxylic acids is 1.